The summed E-state index contributed by atoms with van der Waals surface area (Å²) in [6, 6.07) is 63.8. The van der Waals surface area contributed by atoms with E-state index in [1.807, 2.05) is 11.3 Å². The molecule has 0 aliphatic heterocycles. The lowest BCUT2D eigenvalue weighted by molar-refractivity contribution is 1.29. The maximum atomic E-state index is 2.37. The molecule has 2 heteroatoms. The molecule has 8 aromatic carbocycles. The molecule has 1 aromatic heterocycles. The van der Waals surface area contributed by atoms with Crippen LogP contribution in [0.5, 0.6) is 0 Å². The zero-order valence-electron chi connectivity index (χ0n) is 25.1. The Morgan fingerprint density at radius 1 is 0.348 bits per heavy atom. The SMILES string of the molecule is c1ccc(-c2ccc(N(c3ccc(-c4ccccc4)cc3)c3ccc4c(ccc5ccc6c7ccccc7sc6c54)c3)cc2)cc1. The lowest BCUT2D eigenvalue weighted by atomic mass is 9.98. The predicted molar refractivity (Wildman–Crippen MR) is 200 cm³/mol. The Balaban J connectivity index is 1.20. The molecule has 0 fully saturated rings. The molecule has 0 radical (unpaired) electrons. The maximum Gasteiger partial charge on any atom is 0.0468 e. The summed E-state index contributed by atoms with van der Waals surface area (Å²) in [4.78, 5) is 2.37. The van der Waals surface area contributed by atoms with Gasteiger partial charge in [0.1, 0.15) is 0 Å². The Bertz CT molecular complexity index is 2410. The average Bonchev–Trinajstić information content (AvgIpc) is 3.52. The van der Waals surface area contributed by atoms with E-state index in [1.54, 1.807) is 0 Å². The topological polar surface area (TPSA) is 3.24 Å². The lowest BCUT2D eigenvalue weighted by Gasteiger charge is -2.26. The molecule has 0 aliphatic rings. The highest BCUT2D eigenvalue weighted by molar-refractivity contribution is 7.26. The van der Waals surface area contributed by atoms with Crippen LogP contribution in [-0.2, 0) is 0 Å². The van der Waals surface area contributed by atoms with E-state index >= 15 is 0 Å². The number of anilines is 3. The first kappa shape index (κ1) is 26.7. The quantitative estimate of drug-likeness (QED) is 0.177. The van der Waals surface area contributed by atoms with E-state index in [9.17, 15) is 0 Å². The van der Waals surface area contributed by atoms with Crippen LogP contribution in [0.15, 0.2) is 176 Å². The summed E-state index contributed by atoms with van der Waals surface area (Å²) in [6.45, 7) is 0. The van der Waals surface area contributed by atoms with E-state index in [0.29, 0.717) is 0 Å². The van der Waals surface area contributed by atoms with Gasteiger partial charge < -0.3 is 4.90 Å². The molecule has 0 bridgehead atoms. The van der Waals surface area contributed by atoms with Crippen molar-refractivity contribution in [3.05, 3.63) is 176 Å². The van der Waals surface area contributed by atoms with Gasteiger partial charge in [0.25, 0.3) is 0 Å². The molecule has 216 valence electrons. The maximum absolute atomic E-state index is 2.37. The van der Waals surface area contributed by atoms with Gasteiger partial charge in [-0.05, 0) is 80.9 Å². The van der Waals surface area contributed by atoms with Crippen molar-refractivity contribution in [3.8, 4) is 22.3 Å². The first-order valence-electron chi connectivity index (χ1n) is 15.7. The van der Waals surface area contributed by atoms with Gasteiger partial charge in [-0.15, -0.1) is 11.3 Å². The third-order valence-electron chi connectivity index (χ3n) is 9.05. The number of thiophene rings is 1. The van der Waals surface area contributed by atoms with E-state index < -0.39 is 0 Å². The summed E-state index contributed by atoms with van der Waals surface area (Å²) in [7, 11) is 0. The Morgan fingerprint density at radius 2 is 0.848 bits per heavy atom. The molecule has 0 atom stereocenters. The van der Waals surface area contributed by atoms with Gasteiger partial charge in [-0.1, -0.05) is 133 Å². The van der Waals surface area contributed by atoms with Crippen LogP contribution in [0.1, 0.15) is 0 Å². The summed E-state index contributed by atoms with van der Waals surface area (Å²) < 4.78 is 2.70. The first-order chi connectivity index (χ1) is 22.8. The molecular formula is C44H29NS. The van der Waals surface area contributed by atoms with E-state index in [0.717, 1.165) is 17.1 Å². The summed E-state index contributed by atoms with van der Waals surface area (Å²) in [5.41, 5.74) is 8.24. The minimum absolute atomic E-state index is 1.12. The molecule has 9 aromatic rings. The number of fused-ring (bicyclic) bond motifs is 7. The lowest BCUT2D eigenvalue weighted by Crippen LogP contribution is -2.09. The van der Waals surface area contributed by atoms with Crippen LogP contribution in [0.3, 0.4) is 0 Å². The van der Waals surface area contributed by atoms with Crippen molar-refractivity contribution in [2.45, 2.75) is 0 Å². The molecule has 46 heavy (non-hydrogen) atoms. The molecule has 0 saturated carbocycles. The Hall–Kier alpha value is -5.70. The normalized spacial score (nSPS) is 11.5. The minimum Gasteiger partial charge on any atom is -0.310 e. The number of rotatable bonds is 5. The summed E-state index contributed by atoms with van der Waals surface area (Å²) in [5, 5.41) is 7.82. The van der Waals surface area contributed by atoms with Gasteiger partial charge in [0, 0.05) is 42.6 Å². The fourth-order valence-corrected chi connectivity index (χ4v) is 8.04. The second kappa shape index (κ2) is 11.0. The van der Waals surface area contributed by atoms with Crippen LogP contribution in [0.25, 0.3) is 64.0 Å². The van der Waals surface area contributed by atoms with Crippen LogP contribution in [0.2, 0.25) is 0 Å². The fourth-order valence-electron chi connectivity index (χ4n) is 6.77. The highest BCUT2D eigenvalue weighted by atomic mass is 32.1. The Kier molecular flexibility index (Phi) is 6.40. The molecule has 0 unspecified atom stereocenters. The van der Waals surface area contributed by atoms with Crippen molar-refractivity contribution in [1.29, 1.82) is 0 Å². The van der Waals surface area contributed by atoms with Crippen molar-refractivity contribution < 1.29 is 0 Å². The largest absolute Gasteiger partial charge is 0.310 e. The fraction of sp³-hybridized carbons (Fsp3) is 0. The van der Waals surface area contributed by atoms with Crippen molar-refractivity contribution in [2.75, 3.05) is 4.90 Å². The number of nitrogens with zero attached hydrogens (tertiary/aromatic N) is 1. The second-order valence-corrected chi connectivity index (χ2v) is 12.8. The zero-order valence-corrected chi connectivity index (χ0v) is 25.9. The molecular weight excluding hydrogens is 575 g/mol. The van der Waals surface area contributed by atoms with E-state index in [4.69, 9.17) is 0 Å². The third kappa shape index (κ3) is 4.54. The highest BCUT2D eigenvalue weighted by Gasteiger charge is 2.16. The Morgan fingerprint density at radius 3 is 1.50 bits per heavy atom. The third-order valence-corrected chi connectivity index (χ3v) is 10.3. The van der Waals surface area contributed by atoms with Gasteiger partial charge in [-0.25, -0.2) is 0 Å². The number of hydrogen-bond acceptors (Lipinski definition) is 2. The van der Waals surface area contributed by atoms with Crippen LogP contribution < -0.4 is 4.90 Å². The standard InChI is InChI=1S/C44H29NS/c1-3-9-30(10-4-1)32-17-22-36(23-18-32)45(37-24-19-33(20-25-37)31-11-5-2-6-12-31)38-26-28-39-35(29-38)16-15-34-21-27-41-40-13-7-8-14-42(40)46-44(41)43(34)39/h1-29H. The summed E-state index contributed by atoms with van der Waals surface area (Å²) >= 11 is 1.90. The zero-order chi connectivity index (χ0) is 30.5. The van der Waals surface area contributed by atoms with E-state index in [-0.39, 0.29) is 0 Å². The van der Waals surface area contributed by atoms with Gasteiger partial charge in [0.15, 0.2) is 0 Å². The van der Waals surface area contributed by atoms with Gasteiger partial charge in [0.05, 0.1) is 0 Å². The molecule has 0 aliphatic carbocycles. The van der Waals surface area contributed by atoms with Crippen LogP contribution in [-0.4, -0.2) is 0 Å². The second-order valence-electron chi connectivity index (χ2n) is 11.8. The molecule has 1 heterocycles. The van der Waals surface area contributed by atoms with Gasteiger partial charge in [-0.3, -0.25) is 0 Å². The van der Waals surface area contributed by atoms with Crippen molar-refractivity contribution in [1.82, 2.24) is 0 Å². The van der Waals surface area contributed by atoms with Crippen molar-refractivity contribution in [3.63, 3.8) is 0 Å². The molecule has 0 spiro atoms. The molecule has 1 nitrogen and oxygen atoms in total. The summed E-state index contributed by atoms with van der Waals surface area (Å²) in [5.74, 6) is 0. The van der Waals surface area contributed by atoms with Gasteiger partial charge in [0.2, 0.25) is 0 Å². The van der Waals surface area contributed by atoms with Crippen LogP contribution in [0.4, 0.5) is 17.1 Å². The van der Waals surface area contributed by atoms with Crippen LogP contribution in [0, 0.1) is 0 Å². The minimum atomic E-state index is 1.12. The molecule has 9 rings (SSSR count). The Labute approximate surface area is 272 Å². The number of benzene rings is 8. The summed E-state index contributed by atoms with van der Waals surface area (Å²) in [6.07, 6.45) is 0. The van der Waals surface area contributed by atoms with Crippen molar-refractivity contribution in [2.24, 2.45) is 0 Å². The van der Waals surface area contributed by atoms with E-state index in [2.05, 4.69) is 181 Å². The van der Waals surface area contributed by atoms with E-state index in [1.165, 1.54) is 64.0 Å². The first-order valence-corrected chi connectivity index (χ1v) is 16.5. The molecule has 0 N–H and O–H groups in total. The smallest absolute Gasteiger partial charge is 0.0468 e. The van der Waals surface area contributed by atoms with Crippen LogP contribution >= 0.6 is 11.3 Å². The van der Waals surface area contributed by atoms with Gasteiger partial charge in [-0.2, -0.15) is 0 Å². The molecule has 0 amide bonds. The predicted octanol–water partition coefficient (Wildman–Crippen LogP) is 13.2. The molecule has 0 saturated heterocycles. The van der Waals surface area contributed by atoms with Gasteiger partial charge >= 0.3 is 0 Å². The van der Waals surface area contributed by atoms with Crippen molar-refractivity contribution >= 4 is 70.1 Å². The highest BCUT2D eigenvalue weighted by Crippen LogP contribution is 2.43. The number of hydrogen-bond donors (Lipinski definition) is 0. The monoisotopic (exact) mass is 603 g/mol. The average molecular weight is 604 g/mol.